The zero-order valence-electron chi connectivity index (χ0n) is 18.6. The van der Waals surface area contributed by atoms with Crippen LogP contribution >= 0.6 is 39.5 Å². The van der Waals surface area contributed by atoms with E-state index in [2.05, 4.69) is 63.8 Å². The number of hydrogen-bond acceptors (Lipinski definition) is 6. The molecule has 0 bridgehead atoms. The van der Waals surface area contributed by atoms with Gasteiger partial charge in [-0.3, -0.25) is 0 Å². The average Bonchev–Trinajstić information content (AvgIpc) is 3.08. The maximum Gasteiger partial charge on any atom is 0.360 e. The topological polar surface area (TPSA) is 52.8 Å². The predicted octanol–water partition coefficient (Wildman–Crippen LogP) is 6.48. The van der Waals surface area contributed by atoms with E-state index in [0.29, 0.717) is 16.7 Å². The summed E-state index contributed by atoms with van der Waals surface area (Å²) in [5, 5.41) is 5.19. The smallest absolute Gasteiger partial charge is 0.360 e. The molecule has 32 heavy (non-hydrogen) atoms. The second-order valence-corrected chi connectivity index (χ2v) is 10.6. The Morgan fingerprint density at radius 2 is 1.72 bits per heavy atom. The number of oxime groups is 1. The van der Waals surface area contributed by atoms with Crippen molar-refractivity contribution in [3.63, 3.8) is 0 Å². The molecule has 0 N–H and O–H groups in total. The average molecular weight is 536 g/mol. The first-order valence-electron chi connectivity index (χ1n) is 10.3. The molecule has 3 rings (SSSR count). The van der Waals surface area contributed by atoms with E-state index < -0.39 is 5.97 Å². The van der Waals surface area contributed by atoms with Gasteiger partial charge in [0.05, 0.1) is 16.3 Å². The van der Waals surface area contributed by atoms with Gasteiger partial charge < -0.3 is 14.1 Å². The van der Waals surface area contributed by atoms with E-state index in [1.165, 1.54) is 25.2 Å². The molecular formula is C24H27BrN2O3S2. The molecule has 8 heteroatoms. The number of nitrogens with zero attached hydrogens (tertiary/aromatic N) is 2. The van der Waals surface area contributed by atoms with E-state index in [-0.39, 0.29) is 5.71 Å². The SMILES string of the molecule is CCSC(SCC)c1c(Br)n(Cc2ccccc2/C(=N\OC)C(=O)OC)c2ccccc12. The molecule has 2 aromatic carbocycles. The molecule has 0 unspecified atom stereocenters. The Morgan fingerprint density at radius 1 is 1.06 bits per heavy atom. The fourth-order valence-electron chi connectivity index (χ4n) is 3.64. The van der Waals surface area contributed by atoms with Crippen molar-refractivity contribution in [3.8, 4) is 0 Å². The summed E-state index contributed by atoms with van der Waals surface area (Å²) in [6, 6.07) is 16.2. The minimum atomic E-state index is -0.532. The van der Waals surface area contributed by atoms with Crippen molar-refractivity contribution in [2.24, 2.45) is 5.16 Å². The maximum atomic E-state index is 12.4. The minimum absolute atomic E-state index is 0.152. The Bertz CT molecular complexity index is 1110. The fourth-order valence-corrected chi connectivity index (χ4v) is 7.32. The van der Waals surface area contributed by atoms with E-state index in [1.54, 1.807) is 0 Å². The van der Waals surface area contributed by atoms with Crippen LogP contribution in [0.2, 0.25) is 0 Å². The summed E-state index contributed by atoms with van der Waals surface area (Å²) in [7, 11) is 2.76. The molecule has 0 fully saturated rings. The first kappa shape index (κ1) is 24.7. The number of benzene rings is 2. The number of aromatic nitrogens is 1. The van der Waals surface area contributed by atoms with Crippen LogP contribution in [0.5, 0.6) is 0 Å². The van der Waals surface area contributed by atoms with Gasteiger partial charge in [-0.25, -0.2) is 4.79 Å². The van der Waals surface area contributed by atoms with Crippen molar-refractivity contribution in [1.29, 1.82) is 0 Å². The summed E-state index contributed by atoms with van der Waals surface area (Å²) in [6.45, 7) is 4.96. The summed E-state index contributed by atoms with van der Waals surface area (Å²) in [6.07, 6.45) is 0. The lowest BCUT2D eigenvalue weighted by atomic mass is 10.0. The Hall–Kier alpha value is -1.90. The molecule has 0 atom stereocenters. The summed E-state index contributed by atoms with van der Waals surface area (Å²) in [5.74, 6) is 1.56. The highest BCUT2D eigenvalue weighted by atomic mass is 79.9. The molecule has 0 aliphatic heterocycles. The van der Waals surface area contributed by atoms with Crippen molar-refractivity contribution in [2.75, 3.05) is 25.7 Å². The van der Waals surface area contributed by atoms with E-state index in [9.17, 15) is 4.79 Å². The lowest BCUT2D eigenvalue weighted by molar-refractivity contribution is -0.132. The fraction of sp³-hybridized carbons (Fsp3) is 0.333. The van der Waals surface area contributed by atoms with Crippen LogP contribution in [-0.4, -0.2) is 42.0 Å². The number of para-hydroxylation sites is 1. The molecule has 0 saturated heterocycles. The van der Waals surface area contributed by atoms with Crippen LogP contribution in [0, 0.1) is 0 Å². The van der Waals surface area contributed by atoms with Crippen LogP contribution in [-0.2, 0) is 20.9 Å². The molecule has 0 radical (unpaired) electrons. The first-order chi connectivity index (χ1) is 15.6. The number of fused-ring (bicyclic) bond motifs is 1. The van der Waals surface area contributed by atoms with Gasteiger partial charge in [0.25, 0.3) is 0 Å². The lowest BCUT2D eigenvalue weighted by Gasteiger charge is -2.16. The maximum absolute atomic E-state index is 12.4. The zero-order valence-corrected chi connectivity index (χ0v) is 21.9. The summed E-state index contributed by atoms with van der Waals surface area (Å²) >= 11 is 7.81. The molecule has 0 aliphatic rings. The van der Waals surface area contributed by atoms with Gasteiger partial charge in [-0.15, -0.1) is 23.5 Å². The Kier molecular flexibility index (Phi) is 9.13. The molecule has 5 nitrogen and oxygen atoms in total. The molecular weight excluding hydrogens is 508 g/mol. The number of thioether (sulfide) groups is 2. The van der Waals surface area contributed by atoms with Gasteiger partial charge in [-0.05, 0) is 39.1 Å². The van der Waals surface area contributed by atoms with E-state index >= 15 is 0 Å². The normalized spacial score (nSPS) is 11.9. The number of esters is 1. The molecule has 1 heterocycles. The number of hydrogen-bond donors (Lipinski definition) is 0. The Labute approximate surface area is 206 Å². The van der Waals surface area contributed by atoms with Crippen LogP contribution in [0.4, 0.5) is 0 Å². The number of carbonyl (C=O) groups excluding carboxylic acids is 1. The van der Waals surface area contributed by atoms with Gasteiger partial charge in [-0.1, -0.05) is 61.5 Å². The van der Waals surface area contributed by atoms with E-state index in [1.807, 2.05) is 47.8 Å². The molecule has 1 aromatic heterocycles. The number of ether oxygens (including phenoxy) is 1. The van der Waals surface area contributed by atoms with Crippen molar-refractivity contribution in [3.05, 3.63) is 69.8 Å². The molecule has 0 saturated carbocycles. The predicted molar refractivity (Wildman–Crippen MR) is 140 cm³/mol. The van der Waals surface area contributed by atoms with Crippen molar-refractivity contribution in [1.82, 2.24) is 4.57 Å². The highest BCUT2D eigenvalue weighted by Gasteiger charge is 2.25. The lowest BCUT2D eigenvalue weighted by Crippen LogP contribution is -2.20. The van der Waals surface area contributed by atoms with Crippen LogP contribution < -0.4 is 0 Å². The third-order valence-electron chi connectivity index (χ3n) is 4.98. The van der Waals surface area contributed by atoms with E-state index in [4.69, 9.17) is 9.57 Å². The van der Waals surface area contributed by atoms with Gasteiger partial charge in [-0.2, -0.15) is 0 Å². The summed E-state index contributed by atoms with van der Waals surface area (Å²) in [5.41, 5.74) is 4.24. The second-order valence-electron chi connectivity index (χ2n) is 6.82. The van der Waals surface area contributed by atoms with Crippen LogP contribution in [0.15, 0.2) is 58.3 Å². The van der Waals surface area contributed by atoms with E-state index in [0.717, 1.165) is 27.2 Å². The molecule has 0 amide bonds. The van der Waals surface area contributed by atoms with Gasteiger partial charge in [0.15, 0.2) is 5.71 Å². The van der Waals surface area contributed by atoms with Crippen LogP contribution in [0.1, 0.15) is 35.1 Å². The highest BCUT2D eigenvalue weighted by Crippen LogP contribution is 2.47. The third-order valence-corrected chi connectivity index (χ3v) is 8.39. The van der Waals surface area contributed by atoms with Crippen LogP contribution in [0.25, 0.3) is 10.9 Å². The molecule has 3 aromatic rings. The number of carbonyl (C=O) groups is 1. The quantitative estimate of drug-likeness (QED) is 0.129. The van der Waals surface area contributed by atoms with Crippen molar-refractivity contribution in [2.45, 2.75) is 25.0 Å². The zero-order chi connectivity index (χ0) is 23.1. The highest BCUT2D eigenvalue weighted by molar-refractivity contribution is 9.10. The minimum Gasteiger partial charge on any atom is -0.464 e. The summed E-state index contributed by atoms with van der Waals surface area (Å²) < 4.78 is 8.58. The third kappa shape index (κ3) is 5.18. The second kappa shape index (κ2) is 11.8. The molecule has 170 valence electrons. The molecule has 0 aliphatic carbocycles. The van der Waals surface area contributed by atoms with Crippen molar-refractivity contribution < 1.29 is 14.4 Å². The van der Waals surface area contributed by atoms with Gasteiger partial charge >= 0.3 is 5.97 Å². The number of methoxy groups -OCH3 is 1. The van der Waals surface area contributed by atoms with Crippen LogP contribution in [0.3, 0.4) is 0 Å². The van der Waals surface area contributed by atoms with Gasteiger partial charge in [0, 0.05) is 28.6 Å². The number of rotatable bonds is 10. The summed E-state index contributed by atoms with van der Waals surface area (Å²) in [4.78, 5) is 17.3. The monoisotopic (exact) mass is 534 g/mol. The largest absolute Gasteiger partial charge is 0.464 e. The van der Waals surface area contributed by atoms with Gasteiger partial charge in [0.2, 0.25) is 0 Å². The van der Waals surface area contributed by atoms with Crippen molar-refractivity contribution >= 4 is 62.0 Å². The van der Waals surface area contributed by atoms with Gasteiger partial charge in [0.1, 0.15) is 7.11 Å². The first-order valence-corrected chi connectivity index (χ1v) is 13.2. The Morgan fingerprint density at radius 3 is 2.38 bits per heavy atom. The Balaban J connectivity index is 2.15. The molecule has 0 spiro atoms. The number of halogens is 1. The standard InChI is InChI=1S/C24H27BrN2O3S2/c1-5-31-24(32-6-2)20-18-13-9-10-14-19(18)27(22(20)25)15-16-11-7-8-12-17(16)21(26-30-4)23(28)29-3/h7-14,24H,5-6,15H2,1-4H3/b26-21+.